The Labute approximate surface area is 154 Å². The van der Waals surface area contributed by atoms with Crippen molar-refractivity contribution in [3.8, 4) is 5.88 Å². The molecule has 1 unspecified atom stereocenters. The average Bonchev–Trinajstić information content (AvgIpc) is 2.36. The van der Waals surface area contributed by atoms with Gasteiger partial charge in [-0.25, -0.2) is 0 Å². The number of hydrogen-bond donors (Lipinski definition) is 1. The van der Waals surface area contributed by atoms with E-state index in [0.29, 0.717) is 24.3 Å². The Hall–Kier alpha value is -0.850. The molecule has 1 aromatic heterocycles. The summed E-state index contributed by atoms with van der Waals surface area (Å²) in [5, 5.41) is 0. The van der Waals surface area contributed by atoms with Gasteiger partial charge in [0.15, 0.2) is 0 Å². The lowest BCUT2D eigenvalue weighted by atomic mass is 9.86. The van der Waals surface area contributed by atoms with Gasteiger partial charge >= 0.3 is 0 Å². The first-order chi connectivity index (χ1) is 11.2. The van der Waals surface area contributed by atoms with Crippen molar-refractivity contribution >= 4 is 11.4 Å². The molecule has 1 aromatic rings. The van der Waals surface area contributed by atoms with Gasteiger partial charge in [-0.05, 0) is 52.5 Å². The van der Waals surface area contributed by atoms with Gasteiger partial charge in [0.25, 0.3) is 0 Å². The lowest BCUT2D eigenvalue weighted by Gasteiger charge is -2.38. The van der Waals surface area contributed by atoms with Crippen LogP contribution in [-0.2, 0) is 17.8 Å². The van der Waals surface area contributed by atoms with Crippen LogP contribution in [0.3, 0.4) is 0 Å². The van der Waals surface area contributed by atoms with Gasteiger partial charge in [-0.3, -0.25) is 0 Å². The Balaban J connectivity index is 2.42. The van der Waals surface area contributed by atoms with E-state index < -0.39 is 22.9 Å². The number of rotatable bonds is 3. The Morgan fingerprint density at radius 1 is 1.32 bits per heavy atom. The number of halogens is 1. The molecule has 2 heterocycles. The lowest BCUT2D eigenvalue weighted by molar-refractivity contribution is 0.0625. The van der Waals surface area contributed by atoms with Gasteiger partial charge in [-0.1, -0.05) is 20.8 Å². The molecule has 0 amide bonds. The molecule has 0 fully saturated rings. The van der Waals surface area contributed by atoms with E-state index in [-0.39, 0.29) is 16.2 Å². The largest absolute Gasteiger partial charge is 0.598 e. The minimum absolute atomic E-state index is 0.0529. The molecule has 0 radical (unpaired) electrons. The van der Waals surface area contributed by atoms with Crippen molar-refractivity contribution < 1.29 is 13.7 Å². The fourth-order valence-electron chi connectivity index (χ4n) is 2.88. The minimum atomic E-state index is -1.23. The monoisotopic (exact) mass is 370 g/mol. The maximum atomic E-state index is 14.5. The van der Waals surface area contributed by atoms with Crippen molar-refractivity contribution in [2.24, 2.45) is 5.41 Å². The predicted octanol–water partition coefficient (Wildman–Crippen LogP) is 4.46. The summed E-state index contributed by atoms with van der Waals surface area (Å²) in [6.45, 7) is 15.8. The summed E-state index contributed by atoms with van der Waals surface area (Å²) >= 11 is -1.23. The van der Waals surface area contributed by atoms with E-state index in [0.717, 1.165) is 5.56 Å². The summed E-state index contributed by atoms with van der Waals surface area (Å²) in [5.74, 6) is -0.183. The highest BCUT2D eigenvalue weighted by molar-refractivity contribution is 7.90. The summed E-state index contributed by atoms with van der Waals surface area (Å²) in [6, 6.07) is 1.64. The molecule has 0 aromatic carbocycles. The third kappa shape index (κ3) is 5.31. The molecule has 6 heteroatoms. The van der Waals surface area contributed by atoms with E-state index >= 15 is 0 Å². The molecular formula is C19H31FN2O2S. The molecule has 1 N–H and O–H groups in total. The summed E-state index contributed by atoms with van der Waals surface area (Å²) < 4.78 is 35.8. The number of hydrogen-bond acceptors (Lipinski definition) is 4. The van der Waals surface area contributed by atoms with Gasteiger partial charge in [0.05, 0.1) is 6.04 Å². The second kappa shape index (κ2) is 6.71. The van der Waals surface area contributed by atoms with Crippen LogP contribution in [0.4, 0.5) is 4.39 Å². The van der Waals surface area contributed by atoms with Crippen molar-refractivity contribution in [2.45, 2.75) is 84.6 Å². The minimum Gasteiger partial charge on any atom is -0.598 e. The Kier molecular flexibility index (Phi) is 5.49. The summed E-state index contributed by atoms with van der Waals surface area (Å²) in [5.41, 5.74) is 0.806. The third-order valence-electron chi connectivity index (χ3n) is 4.01. The second-order valence-electron chi connectivity index (χ2n) is 9.69. The molecule has 4 nitrogen and oxygen atoms in total. The van der Waals surface area contributed by atoms with Gasteiger partial charge < -0.3 is 9.29 Å². The third-order valence-corrected chi connectivity index (χ3v) is 5.62. The van der Waals surface area contributed by atoms with Gasteiger partial charge in [-0.15, -0.1) is 4.72 Å². The molecule has 1 aliphatic rings. The molecule has 0 saturated carbocycles. The van der Waals surface area contributed by atoms with E-state index in [1.165, 1.54) is 0 Å². The van der Waals surface area contributed by atoms with E-state index in [4.69, 9.17) is 4.74 Å². The second-order valence-corrected chi connectivity index (χ2v) is 11.7. The van der Waals surface area contributed by atoms with E-state index in [2.05, 4.69) is 30.5 Å². The van der Waals surface area contributed by atoms with Gasteiger partial charge in [-0.2, -0.15) is 9.37 Å². The Morgan fingerprint density at radius 3 is 2.44 bits per heavy atom. The topological polar surface area (TPSA) is 57.2 Å². The van der Waals surface area contributed by atoms with Crippen molar-refractivity contribution in [1.82, 2.24) is 9.71 Å². The molecule has 0 saturated heterocycles. The van der Waals surface area contributed by atoms with Crippen LogP contribution in [0.5, 0.6) is 5.88 Å². The maximum Gasteiger partial charge on any atom is 0.221 e. The highest BCUT2D eigenvalue weighted by atomic mass is 32.2. The van der Waals surface area contributed by atoms with Gasteiger partial charge in [0.2, 0.25) is 11.8 Å². The number of nitrogens with zero attached hydrogens (tertiary/aromatic N) is 1. The van der Waals surface area contributed by atoms with Crippen LogP contribution in [-0.4, -0.2) is 19.9 Å². The van der Waals surface area contributed by atoms with E-state index in [9.17, 15) is 8.94 Å². The summed E-state index contributed by atoms with van der Waals surface area (Å²) in [6.07, 6.45) is 1.22. The smallest absolute Gasteiger partial charge is 0.221 e. The fourth-order valence-corrected chi connectivity index (χ4v) is 3.70. The van der Waals surface area contributed by atoms with Crippen LogP contribution in [0.2, 0.25) is 0 Å². The zero-order valence-electron chi connectivity index (χ0n) is 16.6. The van der Waals surface area contributed by atoms with Crippen molar-refractivity contribution in [3.63, 3.8) is 0 Å². The first kappa shape index (κ1) is 20.5. The first-order valence-electron chi connectivity index (χ1n) is 8.74. The molecule has 2 rings (SSSR count). The molecule has 142 valence electrons. The Bertz CT molecular complexity index is 636. The predicted molar refractivity (Wildman–Crippen MR) is 100 cm³/mol. The van der Waals surface area contributed by atoms with Crippen LogP contribution in [0.1, 0.15) is 79.0 Å². The zero-order valence-corrected chi connectivity index (χ0v) is 17.4. The average molecular weight is 371 g/mol. The number of aromatic nitrogens is 1. The molecular weight excluding hydrogens is 339 g/mol. The van der Waals surface area contributed by atoms with Gasteiger partial charge in [0, 0.05) is 28.9 Å². The van der Waals surface area contributed by atoms with Crippen LogP contribution >= 0.6 is 0 Å². The number of nitrogens with one attached hydrogen (secondary N) is 1. The molecule has 0 spiro atoms. The van der Waals surface area contributed by atoms with Crippen molar-refractivity contribution in [3.05, 3.63) is 23.1 Å². The molecule has 0 aliphatic carbocycles. The van der Waals surface area contributed by atoms with Crippen LogP contribution in [0.25, 0.3) is 0 Å². The highest BCUT2D eigenvalue weighted by Crippen LogP contribution is 2.40. The van der Waals surface area contributed by atoms with Crippen molar-refractivity contribution in [1.29, 1.82) is 0 Å². The number of pyridine rings is 1. The molecule has 25 heavy (non-hydrogen) atoms. The molecule has 2 atom stereocenters. The zero-order chi connectivity index (χ0) is 19.2. The maximum absolute atomic E-state index is 14.5. The number of ether oxygens (including phenoxy) is 1. The van der Waals surface area contributed by atoms with Crippen LogP contribution in [0, 0.1) is 11.4 Å². The SMILES string of the molecule is CC(C)(C)Cc1cc2c(nc1F)OC(C)(C)C[C@@H]2N[S+]([O-])C(C)(C)C. The van der Waals surface area contributed by atoms with Crippen LogP contribution in [0.15, 0.2) is 6.07 Å². The van der Waals surface area contributed by atoms with E-state index in [1.54, 1.807) is 0 Å². The standard InChI is InChI=1S/C19H31FN2O2S/c1-17(2,3)10-12-9-13-14(22-25(23)18(4,5)6)11-19(7,8)24-16(13)21-15(12)20/h9,14,22H,10-11H2,1-8H3/t14-,25?/m0/s1. The van der Waals surface area contributed by atoms with Crippen molar-refractivity contribution in [2.75, 3.05) is 0 Å². The van der Waals surface area contributed by atoms with Gasteiger partial charge in [0.1, 0.15) is 10.3 Å². The number of fused-ring (bicyclic) bond motifs is 1. The van der Waals surface area contributed by atoms with Crippen LogP contribution < -0.4 is 9.46 Å². The Morgan fingerprint density at radius 2 is 1.92 bits per heavy atom. The quantitative estimate of drug-likeness (QED) is 0.630. The highest BCUT2D eigenvalue weighted by Gasteiger charge is 2.40. The summed E-state index contributed by atoms with van der Waals surface area (Å²) in [7, 11) is 0. The first-order valence-corrected chi connectivity index (χ1v) is 9.89. The van der Waals surface area contributed by atoms with E-state index in [1.807, 2.05) is 40.7 Å². The summed E-state index contributed by atoms with van der Waals surface area (Å²) in [4.78, 5) is 4.09. The fraction of sp³-hybridized carbons (Fsp3) is 0.737. The molecule has 1 aliphatic heterocycles. The normalized spacial score (nSPS) is 21.4. The lowest BCUT2D eigenvalue weighted by Crippen LogP contribution is -2.46. The molecule has 0 bridgehead atoms.